The van der Waals surface area contributed by atoms with Gasteiger partial charge < -0.3 is 18.1 Å². The molecule has 0 aromatic heterocycles. The normalized spacial score (nSPS) is 21.8. The third kappa shape index (κ3) is 3.20. The lowest BCUT2D eigenvalue weighted by Crippen LogP contribution is -2.03. The van der Waals surface area contributed by atoms with Gasteiger partial charge in [0.15, 0.2) is 8.65 Å². The largest absolute Gasteiger partial charge is 0.353 e. The summed E-state index contributed by atoms with van der Waals surface area (Å²) in [6.45, 7) is 0. The maximum absolute atomic E-state index is 12.3. The summed E-state index contributed by atoms with van der Waals surface area (Å²) < 4.78 is 46.0. The average molecular weight is 396 g/mol. The van der Waals surface area contributed by atoms with Crippen LogP contribution in [0.1, 0.15) is 0 Å². The molecule has 0 aliphatic carbocycles. The Morgan fingerprint density at radius 3 is 1.15 bits per heavy atom. The Hall–Kier alpha value is 1.44. The highest BCUT2D eigenvalue weighted by atomic mass is 32.3. The first-order valence-electron chi connectivity index (χ1n) is 5.25. The summed E-state index contributed by atoms with van der Waals surface area (Å²) in [5.74, 6) is 0. The molecule has 0 aromatic rings. The van der Waals surface area contributed by atoms with E-state index in [-0.39, 0.29) is 8.65 Å². The Labute approximate surface area is 134 Å². The van der Waals surface area contributed by atoms with Gasteiger partial charge in [-0.25, -0.2) is 0 Å². The van der Waals surface area contributed by atoms with Crippen LogP contribution in [0.5, 0.6) is 0 Å². The highest BCUT2D eigenvalue weighted by molar-refractivity contribution is 8.48. The molecule has 2 heterocycles. The van der Waals surface area contributed by atoms with E-state index in [1.54, 1.807) is 0 Å². The van der Waals surface area contributed by atoms with Crippen LogP contribution >= 0.6 is 62.2 Å². The Kier molecular flexibility index (Phi) is 6.14. The van der Waals surface area contributed by atoms with Gasteiger partial charge in [-0.15, -0.1) is 0 Å². The van der Waals surface area contributed by atoms with Crippen LogP contribution in [0, 0.1) is 0 Å². The van der Waals surface area contributed by atoms with Crippen molar-refractivity contribution in [3.63, 3.8) is 0 Å². The summed E-state index contributed by atoms with van der Waals surface area (Å²) in [5, 5.41) is 0. The Balaban J connectivity index is 2.04. The second-order valence-corrected chi connectivity index (χ2v) is 15.1. The van der Waals surface area contributed by atoms with Crippen molar-refractivity contribution in [1.82, 2.24) is 0 Å². The second-order valence-electron chi connectivity index (χ2n) is 3.47. The molecule has 0 spiro atoms. The third-order valence-electron chi connectivity index (χ3n) is 2.53. The molecule has 2 rings (SSSR count). The number of rotatable bonds is 6. The van der Waals surface area contributed by atoms with E-state index in [2.05, 4.69) is 0 Å². The first-order chi connectivity index (χ1) is 9.42. The van der Waals surface area contributed by atoms with Crippen LogP contribution in [0.4, 0.5) is 0 Å². The summed E-state index contributed by atoms with van der Waals surface area (Å²) in [7, 11) is -0.754. The van der Waals surface area contributed by atoms with Crippen molar-refractivity contribution in [1.29, 1.82) is 0 Å². The fourth-order valence-corrected chi connectivity index (χ4v) is 14.8. The molecule has 0 radical (unpaired) electrons. The minimum Gasteiger partial charge on any atom is -0.311 e. The van der Waals surface area contributed by atoms with E-state index in [1.807, 2.05) is 0 Å². The van der Waals surface area contributed by atoms with Crippen LogP contribution < -0.4 is 0 Å². The van der Waals surface area contributed by atoms with Gasteiger partial charge in [-0.3, -0.25) is 9.13 Å². The van der Waals surface area contributed by atoms with Crippen molar-refractivity contribution in [3.8, 4) is 0 Å². The Bertz CT molecular complexity index is 435. The van der Waals surface area contributed by atoms with Gasteiger partial charge in [0.25, 0.3) is 0 Å². The first kappa shape index (κ1) is 17.8. The predicted octanol–water partition coefficient (Wildman–Crippen LogP) is 4.61. The Morgan fingerprint density at radius 2 is 0.950 bits per heavy atom. The topological polar surface area (TPSA) is 71.1 Å². The van der Waals surface area contributed by atoms with Gasteiger partial charge in [-0.1, -0.05) is 47.0 Å². The maximum Gasteiger partial charge on any atom is 0.353 e. The second kappa shape index (κ2) is 6.91. The zero-order valence-corrected chi connectivity index (χ0v) is 16.2. The van der Waals surface area contributed by atoms with E-state index < -0.39 is 15.2 Å². The Morgan fingerprint density at radius 1 is 0.700 bits per heavy atom. The lowest BCUT2D eigenvalue weighted by molar-refractivity contribution is 0.278. The van der Waals surface area contributed by atoms with Gasteiger partial charge in [-0.05, 0) is 0 Å². The van der Waals surface area contributed by atoms with Crippen molar-refractivity contribution < 1.29 is 27.2 Å². The first-order valence-corrected chi connectivity index (χ1v) is 12.0. The minimum absolute atomic E-state index is 0.326. The monoisotopic (exact) mass is 396 g/mol. The van der Waals surface area contributed by atoms with Gasteiger partial charge in [-0.2, -0.15) is 0 Å². The summed E-state index contributed by atoms with van der Waals surface area (Å²) >= 11 is 5.67. The van der Waals surface area contributed by atoms with Gasteiger partial charge in [0, 0.05) is 28.4 Å². The van der Waals surface area contributed by atoms with Gasteiger partial charge >= 0.3 is 15.2 Å². The van der Waals surface area contributed by atoms with Crippen LogP contribution in [-0.4, -0.2) is 37.1 Å². The molecule has 0 saturated heterocycles. The standard InChI is InChI=1S/C8H14O6P2S4/c1-11-15(9,12-2)7-17-5-6(18-7)20-8(19-5)16(10,13-3)14-4/h7-8H,1-4H3. The quantitative estimate of drug-likeness (QED) is 0.594. The molecule has 0 saturated carbocycles. The molecule has 20 heavy (non-hydrogen) atoms. The fraction of sp³-hybridized carbons (Fsp3) is 0.750. The fourth-order valence-electron chi connectivity index (χ4n) is 1.41. The van der Waals surface area contributed by atoms with Crippen molar-refractivity contribution in [2.45, 2.75) is 8.65 Å². The van der Waals surface area contributed by atoms with E-state index in [0.717, 1.165) is 8.47 Å². The molecule has 0 amide bonds. The highest BCUT2D eigenvalue weighted by Crippen LogP contribution is 2.77. The van der Waals surface area contributed by atoms with Crippen LogP contribution in [-0.2, 0) is 27.2 Å². The van der Waals surface area contributed by atoms with Crippen LogP contribution in [0.2, 0.25) is 0 Å². The summed E-state index contributed by atoms with van der Waals surface area (Å²) in [5.41, 5.74) is 0. The molecule has 0 unspecified atom stereocenters. The van der Waals surface area contributed by atoms with E-state index >= 15 is 0 Å². The molecule has 0 bridgehead atoms. The molecule has 12 heteroatoms. The molecule has 0 atom stereocenters. The molecular weight excluding hydrogens is 382 g/mol. The van der Waals surface area contributed by atoms with E-state index in [9.17, 15) is 9.13 Å². The molecular formula is C8H14O6P2S4. The molecule has 2 aliphatic rings. The van der Waals surface area contributed by atoms with E-state index in [1.165, 1.54) is 75.5 Å². The average Bonchev–Trinajstić information content (AvgIpc) is 3.04. The SMILES string of the molecule is COP(=O)(OC)C1SC2=C(S1)SC(P(=O)(OC)OC)S2. The summed E-state index contributed by atoms with van der Waals surface area (Å²) in [6, 6.07) is 0. The van der Waals surface area contributed by atoms with Crippen LogP contribution in [0.3, 0.4) is 0 Å². The molecule has 6 nitrogen and oxygen atoms in total. The zero-order valence-electron chi connectivity index (χ0n) is 11.1. The number of thioether (sulfide) groups is 4. The van der Waals surface area contributed by atoms with E-state index in [0.29, 0.717) is 0 Å². The number of hydrogen-bond acceptors (Lipinski definition) is 10. The molecule has 0 aromatic carbocycles. The van der Waals surface area contributed by atoms with Crippen LogP contribution in [0.15, 0.2) is 8.47 Å². The zero-order chi connectivity index (χ0) is 15.0. The summed E-state index contributed by atoms with van der Waals surface area (Å²) in [4.78, 5) is 0. The molecule has 0 fully saturated rings. The maximum atomic E-state index is 12.3. The summed E-state index contributed by atoms with van der Waals surface area (Å²) in [6.07, 6.45) is 0. The van der Waals surface area contributed by atoms with E-state index in [4.69, 9.17) is 18.1 Å². The molecule has 116 valence electrons. The van der Waals surface area contributed by atoms with Gasteiger partial charge in [0.2, 0.25) is 0 Å². The minimum atomic E-state index is -3.13. The highest BCUT2D eigenvalue weighted by Gasteiger charge is 2.50. The smallest absolute Gasteiger partial charge is 0.311 e. The predicted molar refractivity (Wildman–Crippen MR) is 88.2 cm³/mol. The van der Waals surface area contributed by atoms with Crippen molar-refractivity contribution in [2.75, 3.05) is 28.4 Å². The molecule has 2 aliphatic heterocycles. The van der Waals surface area contributed by atoms with Crippen LogP contribution in [0.25, 0.3) is 0 Å². The van der Waals surface area contributed by atoms with Crippen molar-refractivity contribution in [3.05, 3.63) is 8.47 Å². The lowest BCUT2D eigenvalue weighted by Gasteiger charge is -2.23. The third-order valence-corrected chi connectivity index (χ3v) is 15.3. The van der Waals surface area contributed by atoms with Gasteiger partial charge in [0.1, 0.15) is 0 Å². The lowest BCUT2D eigenvalue weighted by atomic mass is 11.2. The molecule has 0 N–H and O–H groups in total. The van der Waals surface area contributed by atoms with Crippen molar-refractivity contribution >= 4 is 62.2 Å². The number of hydrogen-bond donors (Lipinski definition) is 0. The van der Waals surface area contributed by atoms with Crippen molar-refractivity contribution in [2.24, 2.45) is 0 Å². The van der Waals surface area contributed by atoms with Gasteiger partial charge in [0.05, 0.1) is 8.47 Å².